The van der Waals surface area contributed by atoms with Crippen molar-refractivity contribution in [3.63, 3.8) is 0 Å². The molecule has 1 atom stereocenters. The Balaban J connectivity index is 1.71. The summed E-state index contributed by atoms with van der Waals surface area (Å²) < 4.78 is 4.97. The number of hydrogen-bond donors (Lipinski definition) is 3. The molecule has 0 bridgehead atoms. The van der Waals surface area contributed by atoms with Crippen LogP contribution >= 0.6 is 0 Å². The fourth-order valence-electron chi connectivity index (χ4n) is 2.56. The van der Waals surface area contributed by atoms with Crippen molar-refractivity contribution in [2.24, 2.45) is 0 Å². The molecule has 2 heterocycles. The Morgan fingerprint density at radius 1 is 1.30 bits per heavy atom. The molecule has 2 fully saturated rings. The highest BCUT2D eigenvalue weighted by molar-refractivity contribution is 5.82. The van der Waals surface area contributed by atoms with Gasteiger partial charge in [-0.3, -0.25) is 4.79 Å². The van der Waals surface area contributed by atoms with Gasteiger partial charge in [-0.15, -0.1) is 0 Å². The molecule has 2 aliphatic rings. The van der Waals surface area contributed by atoms with E-state index in [0.29, 0.717) is 26.2 Å². The molecule has 0 aromatic heterocycles. The summed E-state index contributed by atoms with van der Waals surface area (Å²) in [6.45, 7) is 5.88. The van der Waals surface area contributed by atoms with E-state index in [1.165, 1.54) is 0 Å². The number of piperidine rings is 1. The second-order valence-electron chi connectivity index (χ2n) is 5.18. The van der Waals surface area contributed by atoms with Crippen molar-refractivity contribution in [1.82, 2.24) is 20.9 Å². The Kier molecular flexibility index (Phi) is 5.60. The first-order valence-corrected chi connectivity index (χ1v) is 7.37. The average Bonchev–Trinajstić information content (AvgIpc) is 2.49. The van der Waals surface area contributed by atoms with Crippen molar-refractivity contribution in [2.75, 3.05) is 39.3 Å². The maximum atomic E-state index is 12.1. The van der Waals surface area contributed by atoms with E-state index in [1.807, 2.05) is 0 Å². The molecule has 2 amide bonds. The summed E-state index contributed by atoms with van der Waals surface area (Å²) in [6.07, 6.45) is 1.31. The van der Waals surface area contributed by atoms with Crippen LogP contribution in [0, 0.1) is 0 Å². The molecular weight excluding hydrogens is 260 g/mol. The predicted molar refractivity (Wildman–Crippen MR) is 74.4 cm³/mol. The minimum Gasteiger partial charge on any atom is -0.450 e. The van der Waals surface area contributed by atoms with Gasteiger partial charge in [-0.2, -0.15) is 0 Å². The van der Waals surface area contributed by atoms with Gasteiger partial charge in [0.1, 0.15) is 0 Å². The first kappa shape index (κ1) is 15.1. The third-order valence-electron chi connectivity index (χ3n) is 3.72. The van der Waals surface area contributed by atoms with E-state index in [0.717, 1.165) is 25.9 Å². The molecule has 0 saturated carbocycles. The number of rotatable bonds is 3. The number of nitrogens with zero attached hydrogens (tertiary/aromatic N) is 1. The van der Waals surface area contributed by atoms with Crippen molar-refractivity contribution in [3.8, 4) is 0 Å². The summed E-state index contributed by atoms with van der Waals surface area (Å²) in [4.78, 5) is 25.3. The van der Waals surface area contributed by atoms with Crippen LogP contribution in [-0.4, -0.2) is 68.3 Å². The smallest absolute Gasteiger partial charge is 0.409 e. The zero-order valence-electron chi connectivity index (χ0n) is 12.0. The van der Waals surface area contributed by atoms with Crippen LogP contribution in [0.15, 0.2) is 0 Å². The lowest BCUT2D eigenvalue weighted by Crippen LogP contribution is -2.58. The zero-order chi connectivity index (χ0) is 14.4. The lowest BCUT2D eigenvalue weighted by Gasteiger charge is -2.33. The normalized spacial score (nSPS) is 24.2. The van der Waals surface area contributed by atoms with Gasteiger partial charge in [-0.1, -0.05) is 0 Å². The minimum absolute atomic E-state index is 0.0479. The van der Waals surface area contributed by atoms with Crippen LogP contribution in [0.3, 0.4) is 0 Å². The fraction of sp³-hybridized carbons (Fsp3) is 0.846. The highest BCUT2D eigenvalue weighted by atomic mass is 16.6. The molecule has 20 heavy (non-hydrogen) atoms. The fourth-order valence-corrected chi connectivity index (χ4v) is 2.56. The molecule has 7 heteroatoms. The number of hydrogen-bond acceptors (Lipinski definition) is 5. The lowest BCUT2D eigenvalue weighted by atomic mass is 10.0. The van der Waals surface area contributed by atoms with Gasteiger partial charge in [0, 0.05) is 38.8 Å². The summed E-state index contributed by atoms with van der Waals surface area (Å²) in [5.74, 6) is 0.0479. The van der Waals surface area contributed by atoms with Gasteiger partial charge in [0.2, 0.25) is 5.91 Å². The van der Waals surface area contributed by atoms with Gasteiger partial charge >= 0.3 is 6.09 Å². The Morgan fingerprint density at radius 2 is 2.05 bits per heavy atom. The van der Waals surface area contributed by atoms with Crippen LogP contribution in [0.25, 0.3) is 0 Å². The number of carbonyl (C=O) groups is 2. The maximum absolute atomic E-state index is 12.1. The molecule has 0 aromatic rings. The Labute approximate surface area is 119 Å². The van der Waals surface area contributed by atoms with Gasteiger partial charge in [-0.25, -0.2) is 4.79 Å². The zero-order valence-corrected chi connectivity index (χ0v) is 12.0. The first-order valence-electron chi connectivity index (χ1n) is 7.37. The third-order valence-corrected chi connectivity index (χ3v) is 3.72. The highest BCUT2D eigenvalue weighted by Crippen LogP contribution is 2.11. The molecule has 0 spiro atoms. The molecule has 3 N–H and O–H groups in total. The predicted octanol–water partition coefficient (Wildman–Crippen LogP) is -0.715. The maximum Gasteiger partial charge on any atom is 0.409 e. The summed E-state index contributed by atoms with van der Waals surface area (Å²) in [5.41, 5.74) is 0. The molecule has 0 aromatic carbocycles. The summed E-state index contributed by atoms with van der Waals surface area (Å²) in [6, 6.07) is 0.00346. The average molecular weight is 284 g/mol. The largest absolute Gasteiger partial charge is 0.450 e. The number of amides is 2. The van der Waals surface area contributed by atoms with Crippen LogP contribution in [0.2, 0.25) is 0 Å². The van der Waals surface area contributed by atoms with Gasteiger partial charge in [0.25, 0.3) is 0 Å². The van der Waals surface area contributed by atoms with E-state index in [2.05, 4.69) is 16.0 Å². The SMILES string of the molecule is CCOC(=O)N1CCC(NC(=O)C2CNCCN2)CC1. The van der Waals surface area contributed by atoms with Crippen molar-refractivity contribution >= 4 is 12.0 Å². The van der Waals surface area contributed by atoms with Crippen LogP contribution in [0.5, 0.6) is 0 Å². The number of likely N-dealkylation sites (tertiary alicyclic amines) is 1. The van der Waals surface area contributed by atoms with Crippen LogP contribution in [0.4, 0.5) is 4.79 Å². The number of piperazine rings is 1. The Hall–Kier alpha value is -1.34. The summed E-state index contributed by atoms with van der Waals surface area (Å²) in [7, 11) is 0. The van der Waals surface area contributed by atoms with E-state index in [1.54, 1.807) is 11.8 Å². The monoisotopic (exact) mass is 284 g/mol. The van der Waals surface area contributed by atoms with Crippen LogP contribution in [0.1, 0.15) is 19.8 Å². The molecule has 2 rings (SSSR count). The summed E-state index contributed by atoms with van der Waals surface area (Å²) in [5, 5.41) is 9.45. The van der Waals surface area contributed by atoms with Gasteiger partial charge < -0.3 is 25.6 Å². The van der Waals surface area contributed by atoms with Gasteiger partial charge in [0.15, 0.2) is 0 Å². The standard InChI is InChI=1S/C13H24N4O3/c1-2-20-13(19)17-7-3-10(4-8-17)16-12(18)11-9-14-5-6-15-11/h10-11,14-15H,2-9H2,1H3,(H,16,18). The summed E-state index contributed by atoms with van der Waals surface area (Å²) >= 11 is 0. The topological polar surface area (TPSA) is 82.7 Å². The van der Waals surface area contributed by atoms with Crippen molar-refractivity contribution in [3.05, 3.63) is 0 Å². The molecule has 7 nitrogen and oxygen atoms in total. The molecule has 0 radical (unpaired) electrons. The number of nitrogens with one attached hydrogen (secondary N) is 3. The van der Waals surface area contributed by atoms with Crippen molar-refractivity contribution in [2.45, 2.75) is 31.8 Å². The second-order valence-corrected chi connectivity index (χ2v) is 5.18. The van der Waals surface area contributed by atoms with Crippen molar-refractivity contribution in [1.29, 1.82) is 0 Å². The Morgan fingerprint density at radius 3 is 2.65 bits per heavy atom. The quantitative estimate of drug-likeness (QED) is 0.637. The molecule has 1 unspecified atom stereocenters. The molecule has 2 aliphatic heterocycles. The minimum atomic E-state index is -0.254. The van der Waals surface area contributed by atoms with E-state index in [4.69, 9.17) is 4.74 Å². The number of carbonyl (C=O) groups excluding carboxylic acids is 2. The van der Waals surface area contributed by atoms with Gasteiger partial charge in [-0.05, 0) is 19.8 Å². The van der Waals surface area contributed by atoms with E-state index in [9.17, 15) is 9.59 Å². The molecular formula is C13H24N4O3. The van der Waals surface area contributed by atoms with E-state index in [-0.39, 0.29) is 24.1 Å². The van der Waals surface area contributed by atoms with E-state index >= 15 is 0 Å². The van der Waals surface area contributed by atoms with Crippen LogP contribution in [-0.2, 0) is 9.53 Å². The first-order chi connectivity index (χ1) is 9.70. The second kappa shape index (κ2) is 7.44. The Bertz CT molecular complexity index is 337. The number of ether oxygens (including phenoxy) is 1. The third kappa shape index (κ3) is 4.08. The van der Waals surface area contributed by atoms with E-state index < -0.39 is 0 Å². The lowest BCUT2D eigenvalue weighted by molar-refractivity contribution is -0.124. The molecule has 114 valence electrons. The highest BCUT2D eigenvalue weighted by Gasteiger charge is 2.27. The van der Waals surface area contributed by atoms with Crippen molar-refractivity contribution < 1.29 is 14.3 Å². The van der Waals surface area contributed by atoms with Gasteiger partial charge in [0.05, 0.1) is 12.6 Å². The molecule has 2 saturated heterocycles. The van der Waals surface area contributed by atoms with Crippen LogP contribution < -0.4 is 16.0 Å². The molecule has 0 aliphatic carbocycles.